The summed E-state index contributed by atoms with van der Waals surface area (Å²) in [4.78, 5) is 0. The van der Waals surface area contributed by atoms with Gasteiger partial charge in [0.15, 0.2) is 0 Å². The summed E-state index contributed by atoms with van der Waals surface area (Å²) in [5, 5.41) is 10.9. The molecular formula is C7H8N3. The van der Waals surface area contributed by atoms with Crippen LogP contribution in [-0.2, 0) is 13.0 Å². The van der Waals surface area contributed by atoms with Crippen molar-refractivity contribution in [2.24, 2.45) is 0 Å². The lowest BCUT2D eigenvalue weighted by Gasteiger charge is -2.13. The molecule has 0 atom stereocenters. The van der Waals surface area contributed by atoms with Crippen molar-refractivity contribution < 1.29 is 0 Å². The molecule has 2 rings (SSSR count). The van der Waals surface area contributed by atoms with Gasteiger partial charge in [-0.25, -0.2) is 0 Å². The predicted octanol–water partition coefficient (Wildman–Crippen LogP) is -0.0775. The van der Waals surface area contributed by atoms with Crippen molar-refractivity contribution in [3.63, 3.8) is 0 Å². The van der Waals surface area contributed by atoms with Gasteiger partial charge in [0, 0.05) is 12.6 Å². The van der Waals surface area contributed by atoms with Crippen LogP contribution in [0.15, 0.2) is 6.20 Å². The van der Waals surface area contributed by atoms with E-state index in [4.69, 9.17) is 0 Å². The second-order valence-corrected chi connectivity index (χ2v) is 2.34. The van der Waals surface area contributed by atoms with Gasteiger partial charge in [-0.1, -0.05) is 0 Å². The standard InChI is InChI=1S/C7H8N3/c1-3-8-5-7-6(1)2-4-9-10-7/h4,8H,1,3,5H2. The fourth-order valence-corrected chi connectivity index (χ4v) is 1.13. The van der Waals surface area contributed by atoms with E-state index >= 15 is 0 Å². The summed E-state index contributed by atoms with van der Waals surface area (Å²) in [6.45, 7) is 1.88. The van der Waals surface area contributed by atoms with E-state index in [0.29, 0.717) is 0 Å². The molecule has 1 N–H and O–H groups in total. The van der Waals surface area contributed by atoms with Crippen LogP contribution in [0.5, 0.6) is 0 Å². The average molecular weight is 134 g/mol. The second-order valence-electron chi connectivity index (χ2n) is 2.34. The molecule has 1 aromatic heterocycles. The zero-order valence-corrected chi connectivity index (χ0v) is 5.59. The lowest BCUT2D eigenvalue weighted by molar-refractivity contribution is 0.615. The number of fused-ring (bicyclic) bond motifs is 1. The summed E-state index contributed by atoms with van der Waals surface area (Å²) in [6, 6.07) is 3.08. The Balaban J connectivity index is 2.41. The number of nitrogens with one attached hydrogen (secondary N) is 1. The zero-order valence-electron chi connectivity index (χ0n) is 5.59. The summed E-state index contributed by atoms with van der Waals surface area (Å²) in [6.07, 6.45) is 2.66. The maximum absolute atomic E-state index is 3.98. The molecule has 1 aliphatic rings. The van der Waals surface area contributed by atoms with Crippen LogP contribution >= 0.6 is 0 Å². The van der Waals surface area contributed by atoms with Gasteiger partial charge in [-0.15, -0.1) is 0 Å². The summed E-state index contributed by atoms with van der Waals surface area (Å²) in [5.41, 5.74) is 2.27. The van der Waals surface area contributed by atoms with Gasteiger partial charge in [0.05, 0.1) is 11.9 Å². The highest BCUT2D eigenvalue weighted by molar-refractivity contribution is 5.18. The molecule has 0 spiro atoms. The monoisotopic (exact) mass is 134 g/mol. The molecule has 1 radical (unpaired) electrons. The Hall–Kier alpha value is -0.960. The zero-order chi connectivity index (χ0) is 6.81. The molecule has 3 heteroatoms. The maximum atomic E-state index is 3.98. The number of hydrogen-bond acceptors (Lipinski definition) is 3. The highest BCUT2D eigenvalue weighted by atomic mass is 15.1. The van der Waals surface area contributed by atoms with Crippen molar-refractivity contribution in [1.82, 2.24) is 15.5 Å². The molecule has 10 heavy (non-hydrogen) atoms. The number of hydrogen-bond donors (Lipinski definition) is 1. The smallest absolute Gasteiger partial charge is 0.0807 e. The highest BCUT2D eigenvalue weighted by Crippen LogP contribution is 2.06. The summed E-state index contributed by atoms with van der Waals surface area (Å²) in [5.74, 6) is 0. The van der Waals surface area contributed by atoms with Crippen LogP contribution in [0, 0.1) is 6.07 Å². The Kier molecular flexibility index (Phi) is 1.36. The molecule has 0 amide bonds. The second kappa shape index (κ2) is 2.34. The first-order valence-electron chi connectivity index (χ1n) is 3.38. The molecular weight excluding hydrogens is 126 g/mol. The number of nitrogens with zero attached hydrogens (tertiary/aromatic N) is 2. The lowest BCUT2D eigenvalue weighted by atomic mass is 10.1. The van der Waals surface area contributed by atoms with Gasteiger partial charge in [-0.3, -0.25) is 0 Å². The minimum absolute atomic E-state index is 0.847. The Morgan fingerprint density at radius 2 is 2.60 bits per heavy atom. The highest BCUT2D eigenvalue weighted by Gasteiger charge is 2.08. The fourth-order valence-electron chi connectivity index (χ4n) is 1.13. The molecule has 0 saturated heterocycles. The molecule has 0 bridgehead atoms. The van der Waals surface area contributed by atoms with E-state index in [2.05, 4.69) is 21.6 Å². The summed E-state index contributed by atoms with van der Waals surface area (Å²) in [7, 11) is 0. The molecule has 3 nitrogen and oxygen atoms in total. The van der Waals surface area contributed by atoms with Gasteiger partial charge < -0.3 is 5.32 Å². The first kappa shape index (κ1) is 5.80. The Bertz CT molecular complexity index is 209. The van der Waals surface area contributed by atoms with E-state index in [-0.39, 0.29) is 0 Å². The van der Waals surface area contributed by atoms with E-state index in [1.54, 1.807) is 6.20 Å². The first-order chi connectivity index (χ1) is 4.97. The van der Waals surface area contributed by atoms with Crippen molar-refractivity contribution in [3.05, 3.63) is 23.5 Å². The third-order valence-corrected chi connectivity index (χ3v) is 1.67. The van der Waals surface area contributed by atoms with Crippen LogP contribution in [0.2, 0.25) is 0 Å². The molecule has 0 unspecified atom stereocenters. The van der Waals surface area contributed by atoms with Gasteiger partial charge in [-0.05, 0) is 18.5 Å². The third-order valence-electron chi connectivity index (χ3n) is 1.67. The van der Waals surface area contributed by atoms with Crippen molar-refractivity contribution in [1.29, 1.82) is 0 Å². The average Bonchev–Trinajstić information content (AvgIpc) is 2.05. The molecule has 0 aromatic carbocycles. The normalized spacial score (nSPS) is 16.4. The molecule has 0 saturated carbocycles. The Labute approximate surface area is 59.5 Å². The molecule has 0 aliphatic carbocycles. The van der Waals surface area contributed by atoms with E-state index in [1.807, 2.05) is 0 Å². The topological polar surface area (TPSA) is 37.8 Å². The van der Waals surface area contributed by atoms with E-state index in [9.17, 15) is 0 Å². The van der Waals surface area contributed by atoms with Crippen molar-refractivity contribution in [3.8, 4) is 0 Å². The fraction of sp³-hybridized carbons (Fsp3) is 0.429. The molecule has 1 aromatic rings. The number of aromatic nitrogens is 2. The SMILES string of the molecule is [c]1cnnc2c1CCNC2. The minimum atomic E-state index is 0.847. The predicted molar refractivity (Wildman–Crippen MR) is 36.3 cm³/mol. The van der Waals surface area contributed by atoms with Crippen molar-refractivity contribution >= 4 is 0 Å². The van der Waals surface area contributed by atoms with E-state index in [1.165, 1.54) is 5.56 Å². The van der Waals surface area contributed by atoms with Crippen molar-refractivity contribution in [2.75, 3.05) is 6.54 Å². The summed E-state index contributed by atoms with van der Waals surface area (Å²) < 4.78 is 0. The van der Waals surface area contributed by atoms with Crippen LogP contribution in [0.1, 0.15) is 11.3 Å². The van der Waals surface area contributed by atoms with Crippen molar-refractivity contribution in [2.45, 2.75) is 13.0 Å². The minimum Gasteiger partial charge on any atom is -0.311 e. The van der Waals surface area contributed by atoms with Gasteiger partial charge >= 0.3 is 0 Å². The molecule has 1 aliphatic heterocycles. The van der Waals surface area contributed by atoms with Gasteiger partial charge in [0.1, 0.15) is 0 Å². The molecule has 0 fully saturated rings. The van der Waals surface area contributed by atoms with Gasteiger partial charge in [0.2, 0.25) is 0 Å². The maximum Gasteiger partial charge on any atom is 0.0807 e. The van der Waals surface area contributed by atoms with Crippen LogP contribution < -0.4 is 5.32 Å². The van der Waals surface area contributed by atoms with Gasteiger partial charge in [0.25, 0.3) is 0 Å². The quantitative estimate of drug-likeness (QED) is 0.539. The van der Waals surface area contributed by atoms with Crippen LogP contribution in [0.25, 0.3) is 0 Å². The van der Waals surface area contributed by atoms with E-state index < -0.39 is 0 Å². The third kappa shape index (κ3) is 0.885. The van der Waals surface area contributed by atoms with E-state index in [0.717, 1.165) is 25.2 Å². The van der Waals surface area contributed by atoms with Crippen LogP contribution in [0.3, 0.4) is 0 Å². The van der Waals surface area contributed by atoms with Crippen LogP contribution in [0.4, 0.5) is 0 Å². The molecule has 51 valence electrons. The van der Waals surface area contributed by atoms with Crippen LogP contribution in [-0.4, -0.2) is 16.7 Å². The molecule has 2 heterocycles. The van der Waals surface area contributed by atoms with Gasteiger partial charge in [-0.2, -0.15) is 10.2 Å². The summed E-state index contributed by atoms with van der Waals surface area (Å²) >= 11 is 0. The Morgan fingerprint density at radius 1 is 1.60 bits per heavy atom. The lowest BCUT2D eigenvalue weighted by Crippen LogP contribution is -2.24. The Morgan fingerprint density at radius 3 is 3.50 bits per heavy atom. The largest absolute Gasteiger partial charge is 0.311 e. The number of rotatable bonds is 0. The first-order valence-corrected chi connectivity index (χ1v) is 3.38.